The Kier molecular flexibility index (Phi) is 4.96. The van der Waals surface area contributed by atoms with Crippen LogP contribution in [-0.4, -0.2) is 46.7 Å². The Hall–Kier alpha value is -3.22. The third kappa shape index (κ3) is 3.38. The van der Waals surface area contributed by atoms with Gasteiger partial charge in [-0.05, 0) is 30.2 Å². The molecule has 1 atom stereocenters. The predicted molar refractivity (Wildman–Crippen MR) is 121 cm³/mol. The van der Waals surface area contributed by atoms with Crippen LogP contribution in [0.1, 0.15) is 16.8 Å². The standard InChI is InChI=1S/C24H20ClN3O3/c1-31-18-9-10-27(14-18)23(29)21-12-20(15-5-3-2-4-6-15)24(30)28-22(21)19-11-17(25)8-7-16(19)13-26-28/h2-8,11-13,18H,9-10,14H2,1H3/t18-/m1/s1. The molecular weight excluding hydrogens is 414 g/mol. The van der Waals surface area contributed by atoms with E-state index >= 15 is 0 Å². The van der Waals surface area contributed by atoms with E-state index in [1.54, 1.807) is 36.4 Å². The van der Waals surface area contributed by atoms with E-state index in [0.29, 0.717) is 40.1 Å². The summed E-state index contributed by atoms with van der Waals surface area (Å²) in [6.45, 7) is 1.11. The summed E-state index contributed by atoms with van der Waals surface area (Å²) in [5, 5.41) is 6.44. The molecule has 1 amide bonds. The number of halogens is 1. The lowest BCUT2D eigenvalue weighted by atomic mass is 10.0. The number of nitrogens with zero attached hydrogens (tertiary/aromatic N) is 3. The van der Waals surface area contributed by atoms with Crippen molar-refractivity contribution < 1.29 is 9.53 Å². The SMILES string of the molecule is CO[C@@H]1CCN(C(=O)c2cc(-c3ccccc3)c(=O)n3ncc4ccc(Cl)cc4c23)C1. The fourth-order valence-corrected chi connectivity index (χ4v) is 4.37. The van der Waals surface area contributed by atoms with Gasteiger partial charge in [0, 0.05) is 41.6 Å². The van der Waals surface area contributed by atoms with Crippen LogP contribution in [0.2, 0.25) is 5.02 Å². The van der Waals surface area contributed by atoms with Crippen molar-refractivity contribution in [1.29, 1.82) is 0 Å². The van der Waals surface area contributed by atoms with Gasteiger partial charge in [0.2, 0.25) is 0 Å². The van der Waals surface area contributed by atoms with Crippen molar-refractivity contribution >= 4 is 33.8 Å². The Bertz CT molecular complexity index is 1370. The Morgan fingerprint density at radius 2 is 1.97 bits per heavy atom. The molecule has 7 heteroatoms. The van der Waals surface area contributed by atoms with E-state index in [0.717, 1.165) is 17.4 Å². The minimum Gasteiger partial charge on any atom is -0.380 e. The van der Waals surface area contributed by atoms with Crippen molar-refractivity contribution in [3.63, 3.8) is 0 Å². The van der Waals surface area contributed by atoms with Gasteiger partial charge in [-0.2, -0.15) is 9.61 Å². The van der Waals surface area contributed by atoms with Crippen LogP contribution in [0.25, 0.3) is 27.4 Å². The Balaban J connectivity index is 1.82. The zero-order chi connectivity index (χ0) is 21.5. The van der Waals surface area contributed by atoms with Crippen LogP contribution in [0.5, 0.6) is 0 Å². The second kappa shape index (κ2) is 7.80. The van der Waals surface area contributed by atoms with Crippen LogP contribution < -0.4 is 5.56 Å². The summed E-state index contributed by atoms with van der Waals surface area (Å²) in [4.78, 5) is 28.8. The highest BCUT2D eigenvalue weighted by molar-refractivity contribution is 6.31. The molecule has 6 nitrogen and oxygen atoms in total. The minimum atomic E-state index is -0.282. The van der Waals surface area contributed by atoms with E-state index in [1.165, 1.54) is 4.52 Å². The first-order valence-corrected chi connectivity index (χ1v) is 10.5. The molecule has 1 fully saturated rings. The summed E-state index contributed by atoms with van der Waals surface area (Å²) in [7, 11) is 1.66. The lowest BCUT2D eigenvalue weighted by Gasteiger charge is -2.19. The fraction of sp³-hybridized carbons (Fsp3) is 0.208. The number of carbonyl (C=O) groups excluding carboxylic acids is 1. The van der Waals surface area contributed by atoms with Crippen LogP contribution in [-0.2, 0) is 4.74 Å². The smallest absolute Gasteiger partial charge is 0.279 e. The van der Waals surface area contributed by atoms with E-state index in [1.807, 2.05) is 36.4 Å². The minimum absolute atomic E-state index is 0.0135. The number of fused-ring (bicyclic) bond motifs is 3. The first-order valence-electron chi connectivity index (χ1n) is 10.1. The van der Waals surface area contributed by atoms with E-state index in [4.69, 9.17) is 16.3 Å². The maximum atomic E-state index is 13.6. The number of aromatic nitrogens is 2. The number of pyridine rings is 1. The molecular formula is C24H20ClN3O3. The number of hydrogen-bond acceptors (Lipinski definition) is 4. The molecule has 5 rings (SSSR count). The lowest BCUT2D eigenvalue weighted by molar-refractivity contribution is 0.0725. The third-order valence-corrected chi connectivity index (χ3v) is 6.08. The molecule has 31 heavy (non-hydrogen) atoms. The number of benzene rings is 2. The molecule has 0 saturated carbocycles. The quantitative estimate of drug-likeness (QED) is 0.457. The van der Waals surface area contributed by atoms with Gasteiger partial charge in [0.05, 0.1) is 23.4 Å². The van der Waals surface area contributed by atoms with Crippen molar-refractivity contribution in [2.24, 2.45) is 0 Å². The first kappa shape index (κ1) is 19.7. The largest absolute Gasteiger partial charge is 0.380 e. The fourth-order valence-electron chi connectivity index (χ4n) is 4.20. The lowest BCUT2D eigenvalue weighted by Crippen LogP contribution is -2.32. The molecule has 0 bridgehead atoms. The number of ether oxygens (including phenoxy) is 1. The molecule has 4 aromatic rings. The average Bonchev–Trinajstić information content (AvgIpc) is 3.29. The topological polar surface area (TPSA) is 63.9 Å². The summed E-state index contributed by atoms with van der Waals surface area (Å²) in [6, 6.07) is 16.4. The van der Waals surface area contributed by atoms with Crippen molar-refractivity contribution in [2.75, 3.05) is 20.2 Å². The Morgan fingerprint density at radius 3 is 2.71 bits per heavy atom. The van der Waals surface area contributed by atoms with Crippen molar-refractivity contribution in [1.82, 2.24) is 14.5 Å². The maximum absolute atomic E-state index is 13.6. The van der Waals surface area contributed by atoms with Crippen molar-refractivity contribution in [3.05, 3.63) is 81.7 Å². The van der Waals surface area contributed by atoms with Crippen LogP contribution in [0, 0.1) is 0 Å². The summed E-state index contributed by atoms with van der Waals surface area (Å²) < 4.78 is 6.75. The van der Waals surface area contributed by atoms with Crippen molar-refractivity contribution in [2.45, 2.75) is 12.5 Å². The van der Waals surface area contributed by atoms with Crippen molar-refractivity contribution in [3.8, 4) is 11.1 Å². The van der Waals surface area contributed by atoms with E-state index in [-0.39, 0.29) is 17.6 Å². The predicted octanol–water partition coefficient (Wildman–Crippen LogP) is 4.03. The molecule has 0 aliphatic carbocycles. The van der Waals surface area contributed by atoms with Gasteiger partial charge in [0.15, 0.2) is 0 Å². The number of carbonyl (C=O) groups is 1. The average molecular weight is 434 g/mol. The van der Waals surface area contributed by atoms with Gasteiger partial charge in [0.25, 0.3) is 11.5 Å². The molecule has 3 heterocycles. The second-order valence-electron chi connectivity index (χ2n) is 7.68. The number of rotatable bonds is 3. The van der Waals surface area contributed by atoms with Gasteiger partial charge < -0.3 is 9.64 Å². The van der Waals surface area contributed by atoms with Gasteiger partial charge in [0.1, 0.15) is 0 Å². The zero-order valence-corrected chi connectivity index (χ0v) is 17.7. The molecule has 0 unspecified atom stereocenters. The highest BCUT2D eigenvalue weighted by Gasteiger charge is 2.29. The van der Waals surface area contributed by atoms with Crippen LogP contribution in [0.15, 0.2) is 65.6 Å². The van der Waals surface area contributed by atoms with E-state index in [2.05, 4.69) is 5.10 Å². The molecule has 1 aliphatic heterocycles. The summed E-state index contributed by atoms with van der Waals surface area (Å²) in [5.41, 5.74) is 1.78. The molecule has 0 radical (unpaired) electrons. The van der Waals surface area contributed by atoms with Crippen LogP contribution >= 0.6 is 11.6 Å². The number of hydrogen-bond donors (Lipinski definition) is 0. The molecule has 2 aromatic heterocycles. The molecule has 0 spiro atoms. The third-order valence-electron chi connectivity index (χ3n) is 5.84. The maximum Gasteiger partial charge on any atom is 0.279 e. The zero-order valence-electron chi connectivity index (χ0n) is 16.9. The van der Waals surface area contributed by atoms with E-state index < -0.39 is 0 Å². The Morgan fingerprint density at radius 1 is 1.16 bits per heavy atom. The first-order chi connectivity index (χ1) is 15.1. The van der Waals surface area contributed by atoms with Crippen LogP contribution in [0.4, 0.5) is 0 Å². The van der Waals surface area contributed by atoms with Gasteiger partial charge in [-0.1, -0.05) is 48.0 Å². The highest BCUT2D eigenvalue weighted by Crippen LogP contribution is 2.28. The summed E-state index contributed by atoms with van der Waals surface area (Å²) >= 11 is 6.26. The molecule has 156 valence electrons. The number of likely N-dealkylation sites (tertiary alicyclic amines) is 1. The normalized spacial score (nSPS) is 16.3. The molecule has 1 aliphatic rings. The van der Waals surface area contributed by atoms with Gasteiger partial charge in [-0.25, -0.2) is 0 Å². The summed E-state index contributed by atoms with van der Waals surface area (Å²) in [5.74, 6) is -0.150. The number of methoxy groups -OCH3 is 1. The summed E-state index contributed by atoms with van der Waals surface area (Å²) in [6.07, 6.45) is 2.42. The molecule has 0 N–H and O–H groups in total. The second-order valence-corrected chi connectivity index (χ2v) is 8.11. The number of amides is 1. The molecule has 1 saturated heterocycles. The Labute approximate surface area is 183 Å². The van der Waals surface area contributed by atoms with E-state index in [9.17, 15) is 9.59 Å². The van der Waals surface area contributed by atoms with Gasteiger partial charge in [-0.15, -0.1) is 0 Å². The molecule has 2 aromatic carbocycles. The van der Waals surface area contributed by atoms with Gasteiger partial charge in [-0.3, -0.25) is 9.59 Å². The van der Waals surface area contributed by atoms with Crippen LogP contribution in [0.3, 0.4) is 0 Å². The monoisotopic (exact) mass is 433 g/mol. The highest BCUT2D eigenvalue weighted by atomic mass is 35.5. The van der Waals surface area contributed by atoms with Gasteiger partial charge >= 0.3 is 0 Å².